The molecule has 4 rings (SSSR count). The van der Waals surface area contributed by atoms with Gasteiger partial charge in [-0.25, -0.2) is 4.79 Å². The zero-order valence-electron chi connectivity index (χ0n) is 19.2. The Hall–Kier alpha value is -3.88. The summed E-state index contributed by atoms with van der Waals surface area (Å²) in [6, 6.07) is 10.9. The minimum Gasteiger partial charge on any atom is -0.496 e. The number of esters is 1. The van der Waals surface area contributed by atoms with Crippen LogP contribution in [0.5, 0.6) is 5.75 Å². The Balaban J connectivity index is 1.49. The van der Waals surface area contributed by atoms with Crippen molar-refractivity contribution < 1.29 is 23.9 Å². The maximum absolute atomic E-state index is 13.2. The molecule has 2 amide bonds. The fourth-order valence-corrected chi connectivity index (χ4v) is 3.92. The van der Waals surface area contributed by atoms with Gasteiger partial charge in [0.05, 0.1) is 14.2 Å². The van der Waals surface area contributed by atoms with Crippen LogP contribution in [0.4, 0.5) is 0 Å². The van der Waals surface area contributed by atoms with E-state index in [1.807, 2.05) is 24.3 Å². The van der Waals surface area contributed by atoms with Crippen LogP contribution < -0.4 is 15.4 Å². The predicted octanol–water partition coefficient (Wildman–Crippen LogP) is 2.37. The van der Waals surface area contributed by atoms with Crippen molar-refractivity contribution in [2.75, 3.05) is 14.2 Å². The van der Waals surface area contributed by atoms with Crippen LogP contribution in [0.15, 0.2) is 48.7 Å². The summed E-state index contributed by atoms with van der Waals surface area (Å²) >= 11 is 0. The van der Waals surface area contributed by atoms with Crippen LogP contribution in [-0.4, -0.2) is 54.1 Å². The number of nitrogens with one attached hydrogen (secondary N) is 3. The van der Waals surface area contributed by atoms with Crippen LogP contribution in [0.1, 0.15) is 35.4 Å². The van der Waals surface area contributed by atoms with Gasteiger partial charge in [0.15, 0.2) is 0 Å². The number of carbonyl (C=O) groups is 3. The van der Waals surface area contributed by atoms with E-state index in [1.165, 1.54) is 7.11 Å². The van der Waals surface area contributed by atoms with Gasteiger partial charge in [-0.15, -0.1) is 0 Å². The van der Waals surface area contributed by atoms with E-state index in [0.717, 1.165) is 23.7 Å². The number of pyridine rings is 1. The van der Waals surface area contributed by atoms with Gasteiger partial charge in [-0.3, -0.25) is 14.6 Å². The van der Waals surface area contributed by atoms with Gasteiger partial charge in [0.1, 0.15) is 23.5 Å². The van der Waals surface area contributed by atoms with Crippen molar-refractivity contribution in [3.8, 4) is 5.75 Å². The molecule has 9 heteroatoms. The molecule has 2 atom stereocenters. The van der Waals surface area contributed by atoms with Crippen molar-refractivity contribution in [3.63, 3.8) is 0 Å². The second kappa shape index (κ2) is 10.4. The summed E-state index contributed by atoms with van der Waals surface area (Å²) in [5.74, 6) is -0.390. The summed E-state index contributed by atoms with van der Waals surface area (Å²) in [6.07, 6.45) is 4.33. The third-order valence-corrected chi connectivity index (χ3v) is 5.92. The number of hydrogen-bond acceptors (Lipinski definition) is 6. The Morgan fingerprint density at radius 3 is 2.59 bits per heavy atom. The van der Waals surface area contributed by atoms with Gasteiger partial charge in [-0.05, 0) is 42.7 Å². The smallest absolute Gasteiger partial charge is 0.328 e. The number of ether oxygens (including phenoxy) is 2. The van der Waals surface area contributed by atoms with Crippen LogP contribution in [-0.2, 0) is 20.7 Å². The van der Waals surface area contributed by atoms with E-state index >= 15 is 0 Å². The molecule has 1 fully saturated rings. The molecule has 0 unspecified atom stereocenters. The summed E-state index contributed by atoms with van der Waals surface area (Å²) < 4.78 is 10.2. The molecule has 1 aliphatic carbocycles. The molecule has 178 valence electrons. The molecule has 9 nitrogen and oxygen atoms in total. The molecule has 1 aromatic carbocycles. The lowest BCUT2D eigenvalue weighted by Crippen LogP contribution is -2.52. The van der Waals surface area contributed by atoms with Gasteiger partial charge in [0.25, 0.3) is 5.91 Å². The number of amides is 2. The van der Waals surface area contributed by atoms with Crippen molar-refractivity contribution in [2.45, 2.75) is 37.8 Å². The van der Waals surface area contributed by atoms with Crippen LogP contribution in [0.25, 0.3) is 10.9 Å². The average Bonchev–Trinajstić information content (AvgIpc) is 3.56. The van der Waals surface area contributed by atoms with Crippen LogP contribution in [0.3, 0.4) is 0 Å². The standard InChI is InChI=1S/C25H28N4O5/c1-33-22-8-5-7-18-17(22)14-20(27-18)24(31)28-19(12-15-9-10-15)23(30)29-21(25(32)34-2)13-16-6-3-4-11-26-16/h3-8,11,14-15,19,21,27H,9-10,12-13H2,1-2H3,(H,28,31)(H,29,30)/t19-,21-/m0/s1. The fourth-order valence-electron chi connectivity index (χ4n) is 3.92. The highest BCUT2D eigenvalue weighted by atomic mass is 16.5. The molecule has 34 heavy (non-hydrogen) atoms. The molecule has 0 spiro atoms. The maximum Gasteiger partial charge on any atom is 0.328 e. The molecule has 1 saturated carbocycles. The fraction of sp³-hybridized carbons (Fsp3) is 0.360. The number of methoxy groups -OCH3 is 2. The van der Waals surface area contributed by atoms with E-state index in [-0.39, 0.29) is 6.42 Å². The zero-order chi connectivity index (χ0) is 24.1. The van der Waals surface area contributed by atoms with Crippen LogP contribution >= 0.6 is 0 Å². The lowest BCUT2D eigenvalue weighted by Gasteiger charge is -2.22. The Morgan fingerprint density at radius 1 is 1.09 bits per heavy atom. The summed E-state index contributed by atoms with van der Waals surface area (Å²) in [5, 5.41) is 6.37. The second-order valence-corrected chi connectivity index (χ2v) is 8.42. The first kappa shape index (κ1) is 23.3. The van der Waals surface area contributed by atoms with Crippen LogP contribution in [0.2, 0.25) is 0 Å². The van der Waals surface area contributed by atoms with Crippen molar-refractivity contribution in [1.29, 1.82) is 0 Å². The highest BCUT2D eigenvalue weighted by Gasteiger charge is 2.33. The van der Waals surface area contributed by atoms with E-state index < -0.39 is 29.9 Å². The molecule has 3 N–H and O–H groups in total. The summed E-state index contributed by atoms with van der Waals surface area (Å²) in [4.78, 5) is 45.9. The zero-order valence-corrected chi connectivity index (χ0v) is 19.2. The number of fused-ring (bicyclic) bond motifs is 1. The van der Waals surface area contributed by atoms with Gasteiger partial charge in [-0.2, -0.15) is 0 Å². The van der Waals surface area contributed by atoms with Crippen molar-refractivity contribution >= 4 is 28.7 Å². The first-order valence-corrected chi connectivity index (χ1v) is 11.2. The quantitative estimate of drug-likeness (QED) is 0.396. The number of H-pyrrole nitrogens is 1. The lowest BCUT2D eigenvalue weighted by atomic mass is 10.1. The largest absolute Gasteiger partial charge is 0.496 e. The summed E-state index contributed by atoms with van der Waals surface area (Å²) in [5.41, 5.74) is 1.73. The third kappa shape index (κ3) is 5.54. The average molecular weight is 465 g/mol. The monoisotopic (exact) mass is 464 g/mol. The van der Waals surface area contributed by atoms with Crippen molar-refractivity contribution in [1.82, 2.24) is 20.6 Å². The van der Waals surface area contributed by atoms with Crippen molar-refractivity contribution in [2.24, 2.45) is 5.92 Å². The van der Waals surface area contributed by atoms with E-state index in [9.17, 15) is 14.4 Å². The SMILES string of the molecule is COC(=O)[C@H](Cc1ccccn1)NC(=O)[C@H](CC1CC1)NC(=O)c1cc2c(OC)cccc2[nH]1. The minimum atomic E-state index is -0.914. The normalized spacial score (nSPS) is 14.8. The summed E-state index contributed by atoms with van der Waals surface area (Å²) in [6.45, 7) is 0. The Bertz CT molecular complexity index is 1170. The Morgan fingerprint density at radius 2 is 1.91 bits per heavy atom. The molecule has 3 aromatic rings. The van der Waals surface area contributed by atoms with Crippen molar-refractivity contribution in [3.05, 3.63) is 60.0 Å². The maximum atomic E-state index is 13.2. The Labute approximate surface area is 197 Å². The first-order valence-electron chi connectivity index (χ1n) is 11.2. The number of nitrogens with zero attached hydrogens (tertiary/aromatic N) is 1. The third-order valence-electron chi connectivity index (χ3n) is 5.92. The van der Waals surface area contributed by atoms with Gasteiger partial charge < -0.3 is 25.1 Å². The highest BCUT2D eigenvalue weighted by Crippen LogP contribution is 2.34. The highest BCUT2D eigenvalue weighted by molar-refractivity contribution is 6.01. The number of aromatic nitrogens is 2. The second-order valence-electron chi connectivity index (χ2n) is 8.42. The molecule has 2 heterocycles. The number of carbonyl (C=O) groups excluding carboxylic acids is 3. The molecule has 2 aromatic heterocycles. The molecule has 0 radical (unpaired) electrons. The van der Waals surface area contributed by atoms with Crippen LogP contribution in [0, 0.1) is 5.92 Å². The summed E-state index contributed by atoms with van der Waals surface area (Å²) in [7, 11) is 2.84. The molecule has 0 bridgehead atoms. The number of aromatic amines is 1. The molecule has 0 aliphatic heterocycles. The molecule has 1 aliphatic rings. The topological polar surface area (TPSA) is 122 Å². The van der Waals surface area contributed by atoms with E-state index in [4.69, 9.17) is 9.47 Å². The van der Waals surface area contributed by atoms with E-state index in [0.29, 0.717) is 29.5 Å². The number of benzene rings is 1. The van der Waals surface area contributed by atoms with Gasteiger partial charge in [0, 0.05) is 29.2 Å². The lowest BCUT2D eigenvalue weighted by molar-refractivity contribution is -0.145. The molecular weight excluding hydrogens is 436 g/mol. The van der Waals surface area contributed by atoms with Gasteiger partial charge >= 0.3 is 5.97 Å². The number of hydrogen-bond donors (Lipinski definition) is 3. The molecular formula is C25H28N4O5. The van der Waals surface area contributed by atoms with Gasteiger partial charge in [0.2, 0.25) is 5.91 Å². The Kier molecular flexibility index (Phi) is 7.10. The minimum absolute atomic E-state index is 0.186. The predicted molar refractivity (Wildman–Crippen MR) is 125 cm³/mol. The van der Waals surface area contributed by atoms with E-state index in [1.54, 1.807) is 31.5 Å². The first-order chi connectivity index (χ1) is 16.5. The van der Waals surface area contributed by atoms with Gasteiger partial charge in [-0.1, -0.05) is 25.0 Å². The molecule has 0 saturated heterocycles. The number of rotatable bonds is 10. The van der Waals surface area contributed by atoms with E-state index in [2.05, 4.69) is 20.6 Å².